The van der Waals surface area contributed by atoms with Crippen LogP contribution in [0.5, 0.6) is 5.75 Å². The minimum absolute atomic E-state index is 0. The fourth-order valence-electron chi connectivity index (χ4n) is 4.26. The molecule has 5 rings (SSSR count). The Morgan fingerprint density at radius 3 is 2.47 bits per heavy atom. The Morgan fingerprint density at radius 1 is 1.00 bits per heavy atom. The van der Waals surface area contributed by atoms with Gasteiger partial charge in [-0.15, -0.1) is 0 Å². The van der Waals surface area contributed by atoms with E-state index in [0.29, 0.717) is 24.7 Å². The number of rotatable bonds is 8. The molecule has 3 aromatic carbocycles. The Bertz CT molecular complexity index is 1380. The summed E-state index contributed by atoms with van der Waals surface area (Å²) in [6, 6.07) is 23.2. The molecule has 1 aromatic heterocycles. The third-order valence-corrected chi connectivity index (χ3v) is 6.22. The Balaban J connectivity index is 0.00000336. The largest absolute Gasteiger partial charge is 1.00 e. The van der Waals surface area contributed by atoms with E-state index in [1.807, 2.05) is 72.8 Å². The van der Waals surface area contributed by atoms with Crippen LogP contribution in [0.2, 0.25) is 0 Å². The minimum Gasteiger partial charge on any atom is -0.548 e. The van der Waals surface area contributed by atoms with Crippen LogP contribution in [0.15, 0.2) is 89.5 Å². The van der Waals surface area contributed by atoms with E-state index in [9.17, 15) is 14.7 Å². The van der Waals surface area contributed by atoms with E-state index in [1.54, 1.807) is 12.3 Å². The van der Waals surface area contributed by atoms with Crippen LogP contribution in [-0.2, 0) is 35.5 Å². The van der Waals surface area contributed by atoms with Gasteiger partial charge in [0.1, 0.15) is 18.6 Å². The number of amides is 1. The van der Waals surface area contributed by atoms with Crippen LogP contribution in [-0.4, -0.2) is 34.6 Å². The number of hydrogen-bond acceptors (Lipinski definition) is 7. The van der Waals surface area contributed by atoms with Gasteiger partial charge in [-0.2, -0.15) is 0 Å². The molecule has 0 saturated carbocycles. The van der Waals surface area contributed by atoms with Crippen LogP contribution < -0.4 is 39.4 Å². The maximum absolute atomic E-state index is 12.8. The van der Waals surface area contributed by atoms with Crippen molar-refractivity contribution in [1.29, 1.82) is 0 Å². The number of hydrogen-bond donors (Lipinski definition) is 0. The number of fused-ring (bicyclic) bond motifs is 1. The first-order valence-electron chi connectivity index (χ1n) is 12.0. The van der Waals surface area contributed by atoms with Crippen molar-refractivity contribution >= 4 is 12.1 Å². The molecule has 1 amide bonds. The van der Waals surface area contributed by atoms with E-state index < -0.39 is 18.1 Å². The van der Waals surface area contributed by atoms with Gasteiger partial charge in [-0.05, 0) is 47.4 Å². The Hall–Kier alpha value is -3.59. The molecule has 8 nitrogen and oxygen atoms in total. The van der Waals surface area contributed by atoms with Gasteiger partial charge in [0, 0.05) is 12.0 Å². The zero-order valence-electron chi connectivity index (χ0n) is 21.0. The van der Waals surface area contributed by atoms with Crippen LogP contribution in [0.25, 0.3) is 11.5 Å². The number of carbonyl (C=O) groups is 2. The van der Waals surface area contributed by atoms with Crippen molar-refractivity contribution in [1.82, 2.24) is 9.88 Å². The summed E-state index contributed by atoms with van der Waals surface area (Å²) in [5.74, 6) is -0.133. The van der Waals surface area contributed by atoms with E-state index in [1.165, 1.54) is 4.90 Å². The Kier molecular flexibility index (Phi) is 9.23. The summed E-state index contributed by atoms with van der Waals surface area (Å²) in [4.78, 5) is 30.3. The van der Waals surface area contributed by atoms with E-state index in [0.717, 1.165) is 27.9 Å². The average molecular weight is 521 g/mol. The second-order valence-corrected chi connectivity index (χ2v) is 8.75. The number of benzene rings is 3. The molecule has 0 saturated heterocycles. The molecule has 0 radical (unpaired) electrons. The summed E-state index contributed by atoms with van der Waals surface area (Å²) < 4.78 is 16.9. The van der Waals surface area contributed by atoms with Gasteiger partial charge < -0.3 is 23.8 Å². The maximum Gasteiger partial charge on any atom is 1.00 e. The molecule has 0 N–H and O–H groups in total. The molecule has 188 valence electrons. The van der Waals surface area contributed by atoms with E-state index in [2.05, 4.69) is 4.98 Å². The van der Waals surface area contributed by atoms with Gasteiger partial charge in [-0.25, -0.2) is 9.78 Å². The van der Waals surface area contributed by atoms with Crippen molar-refractivity contribution in [3.63, 3.8) is 0 Å². The van der Waals surface area contributed by atoms with Crippen molar-refractivity contribution in [2.45, 2.75) is 32.0 Å². The zero-order valence-corrected chi connectivity index (χ0v) is 23.0. The van der Waals surface area contributed by atoms with Gasteiger partial charge in [-0.3, -0.25) is 4.90 Å². The van der Waals surface area contributed by atoms with Gasteiger partial charge in [0.25, 0.3) is 0 Å². The molecule has 1 aliphatic heterocycles. The molecule has 2 heterocycles. The topological polar surface area (TPSA) is 105 Å². The summed E-state index contributed by atoms with van der Waals surface area (Å²) in [7, 11) is 0. The average Bonchev–Trinajstić information content (AvgIpc) is 3.41. The van der Waals surface area contributed by atoms with Crippen molar-refractivity contribution in [2.75, 3.05) is 6.61 Å². The number of carboxylic acid groups (broad SMARTS) is 1. The van der Waals surface area contributed by atoms with Gasteiger partial charge in [0.05, 0.1) is 30.9 Å². The van der Waals surface area contributed by atoms with Crippen LogP contribution in [0.3, 0.4) is 0 Å². The second kappa shape index (κ2) is 12.8. The molecule has 38 heavy (non-hydrogen) atoms. The fraction of sp³-hybridized carbons (Fsp3) is 0.207. The van der Waals surface area contributed by atoms with Crippen molar-refractivity contribution < 1.29 is 58.1 Å². The number of nitrogens with zero attached hydrogens (tertiary/aromatic N) is 2. The number of aliphatic carboxylic acids is 1. The van der Waals surface area contributed by atoms with Gasteiger partial charge in [-0.1, -0.05) is 54.6 Å². The third kappa shape index (κ3) is 6.64. The molecular weight excluding hydrogens is 495 g/mol. The molecule has 1 unspecified atom stereocenters. The van der Waals surface area contributed by atoms with E-state index in [-0.39, 0.29) is 49.1 Å². The zero-order chi connectivity index (χ0) is 25.6. The first-order valence-corrected chi connectivity index (χ1v) is 12.0. The van der Waals surface area contributed by atoms with E-state index in [4.69, 9.17) is 13.9 Å². The monoisotopic (exact) mass is 520 g/mol. The number of aromatic nitrogens is 1. The predicted molar refractivity (Wildman–Crippen MR) is 132 cm³/mol. The number of ether oxygens (including phenoxy) is 2. The van der Waals surface area contributed by atoms with Crippen molar-refractivity contribution in [3.05, 3.63) is 108 Å². The Labute approximate surface area is 242 Å². The van der Waals surface area contributed by atoms with Crippen LogP contribution >= 0.6 is 0 Å². The third-order valence-electron chi connectivity index (χ3n) is 6.22. The van der Waals surface area contributed by atoms with Crippen LogP contribution in [0.4, 0.5) is 4.79 Å². The number of carboxylic acids is 1. The summed E-state index contributed by atoms with van der Waals surface area (Å²) in [6.07, 6.45) is 1.62. The van der Waals surface area contributed by atoms with Crippen LogP contribution in [0.1, 0.15) is 22.4 Å². The van der Waals surface area contributed by atoms with Gasteiger partial charge in [0.2, 0.25) is 5.89 Å². The van der Waals surface area contributed by atoms with Crippen molar-refractivity contribution in [2.24, 2.45) is 0 Å². The standard InChI is InChI=1S/C29H26N2O6.Na/c32-28(33)26-16-22-11-12-25(35-14-13-24-19-36-27(30-24)21-9-5-2-6-10-21)15-23(22)17-31(26)29(34)37-18-20-7-3-1-4-8-20;/h1-12,15,19,26H,13-14,16-18H2,(H,32,33);/q;+1/p-1. The summed E-state index contributed by atoms with van der Waals surface area (Å²) in [5.41, 5.74) is 4.14. The predicted octanol–water partition coefficient (Wildman–Crippen LogP) is 0.780. The SMILES string of the molecule is O=C([O-])C1Cc2ccc(OCCc3coc(-c4ccccc4)n3)cc2CN1C(=O)OCc1ccccc1.[Na+]. The summed E-state index contributed by atoms with van der Waals surface area (Å²) >= 11 is 0. The summed E-state index contributed by atoms with van der Waals surface area (Å²) in [6.45, 7) is 0.520. The molecule has 9 heteroatoms. The first kappa shape index (κ1) is 27.4. The second-order valence-electron chi connectivity index (χ2n) is 8.75. The smallest absolute Gasteiger partial charge is 0.548 e. The number of oxazole rings is 1. The van der Waals surface area contributed by atoms with Gasteiger partial charge >= 0.3 is 35.7 Å². The van der Waals surface area contributed by atoms with Gasteiger partial charge in [0.15, 0.2) is 0 Å². The van der Waals surface area contributed by atoms with Crippen molar-refractivity contribution in [3.8, 4) is 17.2 Å². The Morgan fingerprint density at radius 2 is 1.74 bits per heavy atom. The fourth-order valence-corrected chi connectivity index (χ4v) is 4.26. The molecule has 1 atom stereocenters. The summed E-state index contributed by atoms with van der Waals surface area (Å²) in [5, 5.41) is 11.8. The molecule has 1 aliphatic rings. The van der Waals surface area contributed by atoms with Crippen LogP contribution in [0, 0.1) is 0 Å². The molecular formula is C29H25N2NaO6. The number of carbonyl (C=O) groups excluding carboxylic acids is 2. The molecule has 4 aromatic rings. The normalized spacial score (nSPS) is 14.2. The molecule has 0 aliphatic carbocycles. The maximum atomic E-state index is 12.8. The molecule has 0 fully saturated rings. The molecule has 0 bridgehead atoms. The van der Waals surface area contributed by atoms with E-state index >= 15 is 0 Å². The first-order chi connectivity index (χ1) is 18.1. The minimum atomic E-state index is -1.31. The quantitative estimate of drug-likeness (QED) is 0.316. The molecule has 0 spiro atoms.